The Morgan fingerprint density at radius 3 is 2.71 bits per heavy atom. The number of nitro groups is 1. The molecule has 0 aliphatic heterocycles. The van der Waals surface area contributed by atoms with Gasteiger partial charge in [0.05, 0.1) is 4.92 Å². The number of nitro benzene ring substituents is 1. The van der Waals surface area contributed by atoms with Crippen LogP contribution < -0.4 is 5.32 Å². The van der Waals surface area contributed by atoms with Crippen LogP contribution in [0, 0.1) is 17.0 Å². The highest BCUT2D eigenvalue weighted by Crippen LogP contribution is 2.23. The van der Waals surface area contributed by atoms with Crippen LogP contribution in [0.5, 0.6) is 0 Å². The van der Waals surface area contributed by atoms with Crippen molar-refractivity contribution in [1.29, 1.82) is 0 Å². The van der Waals surface area contributed by atoms with E-state index in [9.17, 15) is 14.9 Å². The molecule has 2 aromatic rings. The molecule has 0 saturated heterocycles. The zero-order valence-electron chi connectivity index (χ0n) is 11.2. The van der Waals surface area contributed by atoms with E-state index in [1.54, 1.807) is 6.20 Å². The summed E-state index contributed by atoms with van der Waals surface area (Å²) in [4.78, 5) is 25.3. The number of rotatable bonds is 5. The van der Waals surface area contributed by atoms with Gasteiger partial charge in [0, 0.05) is 30.2 Å². The zero-order chi connectivity index (χ0) is 15.4. The number of aryl methyl sites for hydroxylation is 1. The standard InChI is InChI=1S/C14H13N3O4/c1-9-2-3-10(7-15-9)8-16-11-4-5-12(14(18)19)13(6-11)17(20)21/h2-7,16H,8H2,1H3,(H,18,19). The van der Waals surface area contributed by atoms with Crippen LogP contribution in [-0.2, 0) is 6.54 Å². The first kappa shape index (κ1) is 14.4. The molecule has 0 saturated carbocycles. The number of carboxylic acid groups (broad SMARTS) is 1. The highest BCUT2D eigenvalue weighted by atomic mass is 16.6. The van der Waals surface area contributed by atoms with Gasteiger partial charge >= 0.3 is 5.97 Å². The molecule has 0 fully saturated rings. The summed E-state index contributed by atoms with van der Waals surface area (Å²) in [6.07, 6.45) is 1.71. The summed E-state index contributed by atoms with van der Waals surface area (Å²) in [5.41, 5.74) is 1.54. The summed E-state index contributed by atoms with van der Waals surface area (Å²) >= 11 is 0. The van der Waals surface area contributed by atoms with Gasteiger partial charge in [0.25, 0.3) is 5.69 Å². The Kier molecular flexibility index (Phi) is 4.13. The Balaban J connectivity index is 2.17. The van der Waals surface area contributed by atoms with Crippen LogP contribution in [-0.4, -0.2) is 21.0 Å². The highest BCUT2D eigenvalue weighted by Gasteiger charge is 2.19. The maximum absolute atomic E-state index is 10.9. The maximum Gasteiger partial charge on any atom is 0.342 e. The van der Waals surface area contributed by atoms with Crippen LogP contribution in [0.3, 0.4) is 0 Å². The van der Waals surface area contributed by atoms with Gasteiger partial charge in [0.2, 0.25) is 0 Å². The number of anilines is 1. The van der Waals surface area contributed by atoms with Crippen molar-refractivity contribution in [3.8, 4) is 0 Å². The number of aromatic nitrogens is 1. The van der Waals surface area contributed by atoms with Crippen molar-refractivity contribution in [1.82, 2.24) is 4.98 Å². The molecule has 7 nitrogen and oxygen atoms in total. The third-order valence-electron chi connectivity index (χ3n) is 2.89. The fourth-order valence-corrected chi connectivity index (χ4v) is 1.78. The summed E-state index contributed by atoms with van der Waals surface area (Å²) in [6.45, 7) is 2.32. The van der Waals surface area contributed by atoms with Gasteiger partial charge in [-0.05, 0) is 30.7 Å². The third-order valence-corrected chi connectivity index (χ3v) is 2.89. The molecule has 2 rings (SSSR count). The van der Waals surface area contributed by atoms with Crippen molar-refractivity contribution in [2.75, 3.05) is 5.32 Å². The average Bonchev–Trinajstić information content (AvgIpc) is 2.46. The second-order valence-electron chi connectivity index (χ2n) is 4.46. The van der Waals surface area contributed by atoms with Crippen LogP contribution in [0.2, 0.25) is 0 Å². The lowest BCUT2D eigenvalue weighted by atomic mass is 10.1. The van der Waals surface area contributed by atoms with Crippen LogP contribution in [0.15, 0.2) is 36.5 Å². The van der Waals surface area contributed by atoms with E-state index in [0.29, 0.717) is 12.2 Å². The van der Waals surface area contributed by atoms with E-state index >= 15 is 0 Å². The monoisotopic (exact) mass is 287 g/mol. The Hall–Kier alpha value is -2.96. The van der Waals surface area contributed by atoms with Crippen LogP contribution >= 0.6 is 0 Å². The molecule has 0 atom stereocenters. The lowest BCUT2D eigenvalue weighted by Gasteiger charge is -2.07. The first-order chi connectivity index (χ1) is 9.97. The van der Waals surface area contributed by atoms with Gasteiger partial charge in [-0.3, -0.25) is 15.1 Å². The first-order valence-electron chi connectivity index (χ1n) is 6.14. The SMILES string of the molecule is Cc1ccc(CNc2ccc(C(=O)O)c([N+](=O)[O-])c2)cn1. The Morgan fingerprint density at radius 1 is 1.38 bits per heavy atom. The summed E-state index contributed by atoms with van der Waals surface area (Å²) < 4.78 is 0. The molecule has 108 valence electrons. The van der Waals surface area contributed by atoms with E-state index in [1.807, 2.05) is 19.1 Å². The molecule has 1 heterocycles. The number of hydrogen-bond donors (Lipinski definition) is 2. The number of nitrogens with zero attached hydrogens (tertiary/aromatic N) is 2. The average molecular weight is 287 g/mol. The van der Waals surface area contributed by atoms with E-state index in [1.165, 1.54) is 18.2 Å². The summed E-state index contributed by atoms with van der Waals surface area (Å²) in [5, 5.41) is 22.8. The molecule has 1 aromatic carbocycles. The molecule has 0 unspecified atom stereocenters. The highest BCUT2D eigenvalue weighted by molar-refractivity contribution is 5.93. The van der Waals surface area contributed by atoms with Crippen molar-refractivity contribution in [3.63, 3.8) is 0 Å². The number of pyridine rings is 1. The van der Waals surface area contributed by atoms with Crippen LogP contribution in [0.25, 0.3) is 0 Å². The second-order valence-corrected chi connectivity index (χ2v) is 4.46. The third kappa shape index (κ3) is 3.53. The van der Waals surface area contributed by atoms with Gasteiger partial charge in [-0.2, -0.15) is 0 Å². The van der Waals surface area contributed by atoms with E-state index in [-0.39, 0.29) is 5.56 Å². The Morgan fingerprint density at radius 2 is 2.14 bits per heavy atom. The number of nitrogens with one attached hydrogen (secondary N) is 1. The zero-order valence-corrected chi connectivity index (χ0v) is 11.2. The Bertz CT molecular complexity index is 683. The maximum atomic E-state index is 10.9. The quantitative estimate of drug-likeness (QED) is 0.646. The van der Waals surface area contributed by atoms with Crippen LogP contribution in [0.4, 0.5) is 11.4 Å². The summed E-state index contributed by atoms with van der Waals surface area (Å²) in [5.74, 6) is -1.32. The molecule has 2 N–H and O–H groups in total. The smallest absolute Gasteiger partial charge is 0.342 e. The molecule has 0 bridgehead atoms. The van der Waals surface area contributed by atoms with Crippen molar-refractivity contribution in [2.45, 2.75) is 13.5 Å². The van der Waals surface area contributed by atoms with E-state index < -0.39 is 16.6 Å². The molecule has 0 amide bonds. The van der Waals surface area contributed by atoms with Gasteiger partial charge in [-0.25, -0.2) is 4.79 Å². The molecule has 0 aliphatic rings. The van der Waals surface area contributed by atoms with Gasteiger partial charge in [0.1, 0.15) is 5.56 Å². The van der Waals surface area contributed by atoms with Gasteiger partial charge in [-0.1, -0.05) is 6.07 Å². The van der Waals surface area contributed by atoms with Crippen molar-refractivity contribution < 1.29 is 14.8 Å². The minimum atomic E-state index is -1.32. The molecule has 0 aliphatic carbocycles. The largest absolute Gasteiger partial charge is 0.477 e. The lowest BCUT2D eigenvalue weighted by molar-refractivity contribution is -0.385. The number of benzene rings is 1. The fraction of sp³-hybridized carbons (Fsp3) is 0.143. The fourth-order valence-electron chi connectivity index (χ4n) is 1.78. The molecular formula is C14H13N3O4. The molecule has 7 heteroatoms. The van der Waals surface area contributed by atoms with Gasteiger partial charge in [0.15, 0.2) is 0 Å². The van der Waals surface area contributed by atoms with Crippen molar-refractivity contribution >= 4 is 17.3 Å². The minimum Gasteiger partial charge on any atom is -0.477 e. The van der Waals surface area contributed by atoms with Crippen molar-refractivity contribution in [3.05, 3.63) is 63.5 Å². The normalized spacial score (nSPS) is 10.1. The lowest BCUT2D eigenvalue weighted by Crippen LogP contribution is -2.05. The molecule has 0 spiro atoms. The topological polar surface area (TPSA) is 105 Å². The predicted molar refractivity (Wildman–Crippen MR) is 76.4 cm³/mol. The van der Waals surface area contributed by atoms with Gasteiger partial charge < -0.3 is 10.4 Å². The molecular weight excluding hydrogens is 274 g/mol. The van der Waals surface area contributed by atoms with Crippen molar-refractivity contribution in [2.24, 2.45) is 0 Å². The molecule has 21 heavy (non-hydrogen) atoms. The summed E-state index contributed by atoms with van der Waals surface area (Å²) in [6, 6.07) is 7.70. The Labute approximate surface area is 120 Å². The second kappa shape index (κ2) is 6.00. The van der Waals surface area contributed by atoms with E-state index in [2.05, 4.69) is 10.3 Å². The number of hydrogen-bond acceptors (Lipinski definition) is 5. The number of carbonyl (C=O) groups is 1. The van der Waals surface area contributed by atoms with Crippen LogP contribution in [0.1, 0.15) is 21.6 Å². The van der Waals surface area contributed by atoms with E-state index in [0.717, 1.165) is 11.3 Å². The number of aromatic carboxylic acids is 1. The molecule has 1 aromatic heterocycles. The first-order valence-corrected chi connectivity index (χ1v) is 6.14. The minimum absolute atomic E-state index is 0.331. The summed E-state index contributed by atoms with van der Waals surface area (Å²) in [7, 11) is 0. The number of carboxylic acids is 1. The predicted octanol–water partition coefficient (Wildman–Crippen LogP) is 2.61. The molecule has 0 radical (unpaired) electrons. The van der Waals surface area contributed by atoms with Gasteiger partial charge in [-0.15, -0.1) is 0 Å². The van der Waals surface area contributed by atoms with E-state index in [4.69, 9.17) is 5.11 Å².